The summed E-state index contributed by atoms with van der Waals surface area (Å²) in [6.45, 7) is 7.89. The number of nitrogens with one attached hydrogen (secondary N) is 1. The first-order chi connectivity index (χ1) is 4.95. The Morgan fingerprint density at radius 1 is 1.45 bits per heavy atom. The number of hydrogen-bond donors (Lipinski definition) is 1. The molecule has 0 aliphatic carbocycles. The zero-order chi connectivity index (χ0) is 8.91. The second-order valence-electron chi connectivity index (χ2n) is 3.55. The maximum atomic E-state index is 11.0. The van der Waals surface area contributed by atoms with Crippen LogP contribution in [0.2, 0.25) is 0 Å². The van der Waals surface area contributed by atoms with Crippen LogP contribution in [0.5, 0.6) is 0 Å². The van der Waals surface area contributed by atoms with E-state index in [1.54, 1.807) is 6.08 Å². The highest BCUT2D eigenvalue weighted by atomic mass is 16.1. The average Bonchev–Trinajstić information content (AvgIpc) is 1.79. The molecule has 0 aromatic heterocycles. The van der Waals surface area contributed by atoms with Crippen LogP contribution in [-0.2, 0) is 4.79 Å². The van der Waals surface area contributed by atoms with Gasteiger partial charge in [-0.2, -0.15) is 0 Å². The lowest BCUT2D eigenvalue weighted by atomic mass is 10.1. The summed E-state index contributed by atoms with van der Waals surface area (Å²) in [4.78, 5) is 11.0. The van der Waals surface area contributed by atoms with Crippen LogP contribution in [0.3, 0.4) is 0 Å². The molecule has 0 saturated heterocycles. The van der Waals surface area contributed by atoms with Gasteiger partial charge in [0.2, 0.25) is 5.91 Å². The molecule has 0 spiro atoms. The average molecular weight is 155 g/mol. The van der Waals surface area contributed by atoms with Crippen molar-refractivity contribution in [2.45, 2.75) is 39.7 Å². The van der Waals surface area contributed by atoms with Crippen molar-refractivity contribution in [2.75, 3.05) is 0 Å². The van der Waals surface area contributed by atoms with Crippen LogP contribution in [0.25, 0.3) is 0 Å². The first-order valence-electron chi connectivity index (χ1n) is 3.94. The summed E-state index contributed by atoms with van der Waals surface area (Å²) >= 11 is 0. The van der Waals surface area contributed by atoms with Crippen LogP contribution in [-0.4, -0.2) is 11.4 Å². The van der Waals surface area contributed by atoms with E-state index in [-0.39, 0.29) is 11.4 Å². The molecule has 0 aromatic carbocycles. The van der Waals surface area contributed by atoms with E-state index in [0.717, 1.165) is 6.42 Å². The summed E-state index contributed by atoms with van der Waals surface area (Å²) in [5, 5.41) is 2.83. The van der Waals surface area contributed by atoms with Gasteiger partial charge in [-0.25, -0.2) is 0 Å². The minimum atomic E-state index is -0.130. The second-order valence-corrected chi connectivity index (χ2v) is 3.55. The van der Waals surface area contributed by atoms with Crippen LogP contribution in [0.15, 0.2) is 12.2 Å². The first-order valence-corrected chi connectivity index (χ1v) is 3.94. The normalized spacial score (nSPS) is 12.0. The van der Waals surface area contributed by atoms with E-state index in [1.165, 1.54) is 0 Å². The molecule has 0 aliphatic heterocycles. The molecule has 0 fully saturated rings. The van der Waals surface area contributed by atoms with Crippen molar-refractivity contribution in [3.8, 4) is 0 Å². The van der Waals surface area contributed by atoms with Gasteiger partial charge in [-0.15, -0.1) is 0 Å². The van der Waals surface area contributed by atoms with Crippen LogP contribution < -0.4 is 5.32 Å². The molecule has 2 nitrogen and oxygen atoms in total. The monoisotopic (exact) mass is 155 g/mol. The van der Waals surface area contributed by atoms with Crippen molar-refractivity contribution in [3.05, 3.63) is 12.2 Å². The number of carbonyl (C=O) groups excluding carboxylic acids is 1. The minimum absolute atomic E-state index is 0.0145. The first kappa shape index (κ1) is 10.2. The third kappa shape index (κ3) is 7.10. The van der Waals surface area contributed by atoms with Crippen molar-refractivity contribution in [1.29, 1.82) is 0 Å². The highest BCUT2D eigenvalue weighted by molar-refractivity contribution is 5.87. The Balaban J connectivity index is 3.80. The molecule has 11 heavy (non-hydrogen) atoms. The Bertz CT molecular complexity index is 153. The SMILES string of the molecule is CC/C=C/C(=O)NC(C)(C)C. The van der Waals surface area contributed by atoms with Crippen molar-refractivity contribution in [1.82, 2.24) is 5.32 Å². The predicted molar refractivity (Wildman–Crippen MR) is 47.3 cm³/mol. The lowest BCUT2D eigenvalue weighted by Gasteiger charge is -2.18. The molecule has 1 N–H and O–H groups in total. The number of amides is 1. The minimum Gasteiger partial charge on any atom is -0.348 e. The van der Waals surface area contributed by atoms with E-state index in [4.69, 9.17) is 0 Å². The van der Waals surface area contributed by atoms with E-state index in [1.807, 2.05) is 33.8 Å². The van der Waals surface area contributed by atoms with Gasteiger partial charge >= 0.3 is 0 Å². The molecule has 64 valence electrons. The molecule has 0 bridgehead atoms. The van der Waals surface area contributed by atoms with Crippen molar-refractivity contribution in [2.24, 2.45) is 0 Å². The maximum Gasteiger partial charge on any atom is 0.244 e. The van der Waals surface area contributed by atoms with E-state index >= 15 is 0 Å². The summed E-state index contributed by atoms with van der Waals surface area (Å²) in [6, 6.07) is 0. The van der Waals surface area contributed by atoms with Crippen molar-refractivity contribution >= 4 is 5.91 Å². The van der Waals surface area contributed by atoms with Crippen LogP contribution in [0, 0.1) is 0 Å². The molecule has 0 aromatic rings. The van der Waals surface area contributed by atoms with Crippen LogP contribution >= 0.6 is 0 Å². The highest BCUT2D eigenvalue weighted by Crippen LogP contribution is 1.97. The molecule has 0 unspecified atom stereocenters. The van der Waals surface area contributed by atoms with Gasteiger partial charge < -0.3 is 5.32 Å². The summed E-state index contributed by atoms with van der Waals surface area (Å²) in [5.41, 5.74) is -0.130. The van der Waals surface area contributed by atoms with Gasteiger partial charge in [0.05, 0.1) is 0 Å². The number of carbonyl (C=O) groups is 1. The number of allylic oxidation sites excluding steroid dienone is 1. The van der Waals surface area contributed by atoms with Gasteiger partial charge in [0.25, 0.3) is 0 Å². The highest BCUT2D eigenvalue weighted by Gasteiger charge is 2.10. The number of hydrogen-bond acceptors (Lipinski definition) is 1. The van der Waals surface area contributed by atoms with Crippen LogP contribution in [0.4, 0.5) is 0 Å². The fourth-order valence-corrected chi connectivity index (χ4v) is 0.636. The van der Waals surface area contributed by atoms with Gasteiger partial charge in [0.1, 0.15) is 0 Å². The summed E-state index contributed by atoms with van der Waals surface area (Å²) in [6.07, 6.45) is 4.32. The summed E-state index contributed by atoms with van der Waals surface area (Å²) in [5.74, 6) is -0.0145. The molecule has 0 aliphatic rings. The Morgan fingerprint density at radius 3 is 2.36 bits per heavy atom. The Morgan fingerprint density at radius 2 is 2.00 bits per heavy atom. The Labute approximate surface area is 68.7 Å². The fraction of sp³-hybridized carbons (Fsp3) is 0.667. The molecule has 0 rings (SSSR count). The van der Waals surface area contributed by atoms with E-state index in [0.29, 0.717) is 0 Å². The van der Waals surface area contributed by atoms with Gasteiger partial charge in [0.15, 0.2) is 0 Å². The second kappa shape index (κ2) is 4.16. The van der Waals surface area contributed by atoms with Gasteiger partial charge in [-0.05, 0) is 33.3 Å². The largest absolute Gasteiger partial charge is 0.348 e. The van der Waals surface area contributed by atoms with Crippen molar-refractivity contribution in [3.63, 3.8) is 0 Å². The number of rotatable bonds is 2. The molecule has 0 saturated carbocycles. The van der Waals surface area contributed by atoms with E-state index in [9.17, 15) is 4.79 Å². The maximum absolute atomic E-state index is 11.0. The summed E-state index contributed by atoms with van der Waals surface area (Å²) < 4.78 is 0. The molecule has 0 atom stereocenters. The quantitative estimate of drug-likeness (QED) is 0.606. The smallest absolute Gasteiger partial charge is 0.244 e. The molecular weight excluding hydrogens is 138 g/mol. The Hall–Kier alpha value is -0.790. The molecule has 0 heterocycles. The fourth-order valence-electron chi connectivity index (χ4n) is 0.636. The molecule has 2 heteroatoms. The van der Waals surface area contributed by atoms with Crippen molar-refractivity contribution < 1.29 is 4.79 Å². The lowest BCUT2D eigenvalue weighted by molar-refractivity contribution is -0.117. The zero-order valence-corrected chi connectivity index (χ0v) is 7.77. The van der Waals surface area contributed by atoms with Gasteiger partial charge in [0, 0.05) is 5.54 Å². The van der Waals surface area contributed by atoms with Gasteiger partial charge in [-0.1, -0.05) is 13.0 Å². The standard InChI is InChI=1S/C9H17NO/c1-5-6-7-8(11)10-9(2,3)4/h6-7H,5H2,1-4H3,(H,10,11)/b7-6+. The summed E-state index contributed by atoms with van der Waals surface area (Å²) in [7, 11) is 0. The molecular formula is C9H17NO. The van der Waals surface area contributed by atoms with E-state index < -0.39 is 0 Å². The topological polar surface area (TPSA) is 29.1 Å². The lowest BCUT2D eigenvalue weighted by Crippen LogP contribution is -2.39. The molecule has 1 amide bonds. The van der Waals surface area contributed by atoms with Gasteiger partial charge in [-0.3, -0.25) is 4.79 Å². The predicted octanol–water partition coefficient (Wildman–Crippen LogP) is 1.87. The van der Waals surface area contributed by atoms with Crippen LogP contribution in [0.1, 0.15) is 34.1 Å². The Kier molecular flexibility index (Phi) is 3.86. The third-order valence-corrected chi connectivity index (χ3v) is 1.00. The van der Waals surface area contributed by atoms with E-state index in [2.05, 4.69) is 5.32 Å². The molecule has 0 radical (unpaired) electrons. The third-order valence-electron chi connectivity index (χ3n) is 1.00. The zero-order valence-electron chi connectivity index (χ0n) is 7.77.